The minimum absolute atomic E-state index is 0.155. The van der Waals surface area contributed by atoms with Gasteiger partial charge in [0.25, 0.3) is 0 Å². The first-order chi connectivity index (χ1) is 7.70. The molecule has 0 atom stereocenters. The van der Waals surface area contributed by atoms with Gasteiger partial charge in [-0.15, -0.1) is 0 Å². The van der Waals surface area contributed by atoms with Crippen molar-refractivity contribution in [2.45, 2.75) is 6.92 Å². The summed E-state index contributed by atoms with van der Waals surface area (Å²) in [4.78, 5) is 19.9. The monoisotopic (exact) mass is 213 g/mol. The molecule has 16 heavy (non-hydrogen) atoms. The molecular formula is C12H11N3O. The Morgan fingerprint density at radius 1 is 1.31 bits per heavy atom. The second kappa shape index (κ2) is 4.10. The number of nitrogens with zero attached hydrogens (tertiary/aromatic N) is 2. The van der Waals surface area contributed by atoms with Crippen LogP contribution in [-0.4, -0.2) is 15.8 Å². The standard InChI is InChI=1S/C12H11N3O/c1-8-9(3-2-4-10(8)13)12(16)11-7-14-5-6-15-11/h2-7H,13H2,1H3. The molecule has 2 aromatic rings. The van der Waals surface area contributed by atoms with Crippen molar-refractivity contribution in [3.05, 3.63) is 53.6 Å². The maximum absolute atomic E-state index is 12.1. The van der Waals surface area contributed by atoms with Gasteiger partial charge >= 0.3 is 0 Å². The first kappa shape index (κ1) is 10.3. The average molecular weight is 213 g/mol. The smallest absolute Gasteiger partial charge is 0.213 e. The number of hydrogen-bond acceptors (Lipinski definition) is 4. The molecular weight excluding hydrogens is 202 g/mol. The van der Waals surface area contributed by atoms with Crippen molar-refractivity contribution in [3.8, 4) is 0 Å². The van der Waals surface area contributed by atoms with Crippen molar-refractivity contribution in [3.63, 3.8) is 0 Å². The Morgan fingerprint density at radius 2 is 2.12 bits per heavy atom. The number of carbonyl (C=O) groups excluding carboxylic acids is 1. The van der Waals surface area contributed by atoms with Gasteiger partial charge in [0, 0.05) is 23.6 Å². The highest BCUT2D eigenvalue weighted by atomic mass is 16.1. The number of anilines is 1. The average Bonchev–Trinajstić information content (AvgIpc) is 2.33. The maximum atomic E-state index is 12.1. The largest absolute Gasteiger partial charge is 0.398 e. The highest BCUT2D eigenvalue weighted by Crippen LogP contribution is 2.17. The summed E-state index contributed by atoms with van der Waals surface area (Å²) in [5, 5.41) is 0. The van der Waals surface area contributed by atoms with E-state index in [0.717, 1.165) is 5.56 Å². The summed E-state index contributed by atoms with van der Waals surface area (Å²) in [6.07, 6.45) is 4.48. The van der Waals surface area contributed by atoms with E-state index in [2.05, 4.69) is 9.97 Å². The summed E-state index contributed by atoms with van der Waals surface area (Å²) < 4.78 is 0. The summed E-state index contributed by atoms with van der Waals surface area (Å²) in [6.45, 7) is 1.82. The predicted octanol–water partition coefficient (Wildman–Crippen LogP) is 1.60. The van der Waals surface area contributed by atoms with Crippen LogP contribution in [0.25, 0.3) is 0 Å². The van der Waals surface area contributed by atoms with E-state index in [-0.39, 0.29) is 5.78 Å². The van der Waals surface area contributed by atoms with Crippen LogP contribution in [0.1, 0.15) is 21.6 Å². The number of benzene rings is 1. The lowest BCUT2D eigenvalue weighted by Crippen LogP contribution is -2.07. The molecule has 0 fully saturated rings. The van der Waals surface area contributed by atoms with Crippen molar-refractivity contribution in [1.29, 1.82) is 0 Å². The predicted molar refractivity (Wildman–Crippen MR) is 61.1 cm³/mol. The normalized spacial score (nSPS) is 10.1. The maximum Gasteiger partial charge on any atom is 0.213 e. The van der Waals surface area contributed by atoms with Crippen molar-refractivity contribution in [2.75, 3.05) is 5.73 Å². The zero-order valence-electron chi connectivity index (χ0n) is 8.84. The first-order valence-electron chi connectivity index (χ1n) is 4.86. The number of ketones is 1. The number of hydrogen-bond donors (Lipinski definition) is 1. The third-order valence-electron chi connectivity index (χ3n) is 2.42. The molecule has 4 nitrogen and oxygen atoms in total. The van der Waals surface area contributed by atoms with E-state index in [4.69, 9.17) is 5.73 Å². The third-order valence-corrected chi connectivity index (χ3v) is 2.42. The quantitative estimate of drug-likeness (QED) is 0.607. The molecule has 1 heterocycles. The number of nitrogens with two attached hydrogens (primary N) is 1. The minimum atomic E-state index is -0.155. The first-order valence-corrected chi connectivity index (χ1v) is 4.86. The fraction of sp³-hybridized carbons (Fsp3) is 0.0833. The Balaban J connectivity index is 2.46. The van der Waals surface area contributed by atoms with Crippen LogP contribution in [0.2, 0.25) is 0 Å². The second-order valence-electron chi connectivity index (χ2n) is 3.44. The Hall–Kier alpha value is -2.23. The summed E-state index contributed by atoms with van der Waals surface area (Å²) in [7, 11) is 0. The molecule has 1 aromatic carbocycles. The van der Waals surface area contributed by atoms with Gasteiger partial charge in [-0.05, 0) is 18.6 Å². The lowest BCUT2D eigenvalue weighted by Gasteiger charge is -2.06. The van der Waals surface area contributed by atoms with Crippen LogP contribution in [0, 0.1) is 6.92 Å². The molecule has 0 aliphatic rings. The number of carbonyl (C=O) groups is 1. The Morgan fingerprint density at radius 3 is 2.81 bits per heavy atom. The molecule has 0 aliphatic carbocycles. The van der Waals surface area contributed by atoms with Gasteiger partial charge in [-0.2, -0.15) is 0 Å². The van der Waals surface area contributed by atoms with E-state index in [1.165, 1.54) is 18.6 Å². The molecule has 2 rings (SSSR count). The van der Waals surface area contributed by atoms with Crippen LogP contribution in [0.3, 0.4) is 0 Å². The lowest BCUT2D eigenvalue weighted by atomic mass is 10.0. The van der Waals surface area contributed by atoms with Crippen molar-refractivity contribution >= 4 is 11.5 Å². The van der Waals surface area contributed by atoms with Crippen molar-refractivity contribution in [2.24, 2.45) is 0 Å². The topological polar surface area (TPSA) is 68.9 Å². The van der Waals surface area contributed by atoms with Crippen LogP contribution in [0.15, 0.2) is 36.8 Å². The molecule has 0 spiro atoms. The summed E-state index contributed by atoms with van der Waals surface area (Å²) >= 11 is 0. The molecule has 0 radical (unpaired) electrons. The molecule has 80 valence electrons. The third kappa shape index (κ3) is 1.77. The molecule has 0 saturated heterocycles. The van der Waals surface area contributed by atoms with Gasteiger partial charge in [-0.1, -0.05) is 12.1 Å². The van der Waals surface area contributed by atoms with E-state index < -0.39 is 0 Å². The number of aromatic nitrogens is 2. The molecule has 4 heteroatoms. The van der Waals surface area contributed by atoms with Crippen LogP contribution < -0.4 is 5.73 Å². The summed E-state index contributed by atoms with van der Waals surface area (Å²) in [6, 6.07) is 5.26. The Labute approximate surface area is 93.2 Å². The molecule has 1 aromatic heterocycles. The zero-order valence-corrected chi connectivity index (χ0v) is 8.84. The Bertz CT molecular complexity index is 523. The van der Waals surface area contributed by atoms with Crippen LogP contribution in [-0.2, 0) is 0 Å². The van der Waals surface area contributed by atoms with Gasteiger partial charge in [-0.3, -0.25) is 9.78 Å². The number of nitrogen functional groups attached to an aromatic ring is 1. The minimum Gasteiger partial charge on any atom is -0.398 e. The van der Waals surface area contributed by atoms with E-state index in [1.54, 1.807) is 18.2 Å². The van der Waals surface area contributed by atoms with Gasteiger partial charge in [0.2, 0.25) is 5.78 Å². The zero-order chi connectivity index (χ0) is 11.5. The van der Waals surface area contributed by atoms with Crippen molar-refractivity contribution in [1.82, 2.24) is 9.97 Å². The number of rotatable bonds is 2. The van der Waals surface area contributed by atoms with E-state index in [0.29, 0.717) is 16.9 Å². The van der Waals surface area contributed by atoms with E-state index >= 15 is 0 Å². The SMILES string of the molecule is Cc1c(N)cccc1C(=O)c1cnccn1. The lowest BCUT2D eigenvalue weighted by molar-refractivity contribution is 0.103. The van der Waals surface area contributed by atoms with Gasteiger partial charge in [0.1, 0.15) is 5.69 Å². The van der Waals surface area contributed by atoms with Crippen LogP contribution >= 0.6 is 0 Å². The molecule has 0 saturated carbocycles. The van der Waals surface area contributed by atoms with E-state index in [1.807, 2.05) is 6.92 Å². The van der Waals surface area contributed by atoms with E-state index in [9.17, 15) is 4.79 Å². The summed E-state index contributed by atoms with van der Waals surface area (Å²) in [5.74, 6) is -0.155. The van der Waals surface area contributed by atoms with Gasteiger partial charge in [0.15, 0.2) is 0 Å². The van der Waals surface area contributed by atoms with Gasteiger partial charge in [0.05, 0.1) is 6.20 Å². The molecule has 0 unspecified atom stereocenters. The highest BCUT2D eigenvalue weighted by Gasteiger charge is 2.13. The molecule has 0 aliphatic heterocycles. The fourth-order valence-electron chi connectivity index (χ4n) is 1.45. The van der Waals surface area contributed by atoms with Crippen LogP contribution in [0.4, 0.5) is 5.69 Å². The van der Waals surface area contributed by atoms with Gasteiger partial charge < -0.3 is 5.73 Å². The molecule has 2 N–H and O–H groups in total. The molecule has 0 amide bonds. The highest BCUT2D eigenvalue weighted by molar-refractivity contribution is 6.09. The summed E-state index contributed by atoms with van der Waals surface area (Å²) in [5.41, 5.74) is 8.03. The van der Waals surface area contributed by atoms with Crippen molar-refractivity contribution < 1.29 is 4.79 Å². The Kier molecular flexibility index (Phi) is 2.64. The second-order valence-corrected chi connectivity index (χ2v) is 3.44. The van der Waals surface area contributed by atoms with Crippen LogP contribution in [0.5, 0.6) is 0 Å². The molecule has 0 bridgehead atoms. The van der Waals surface area contributed by atoms with Gasteiger partial charge in [-0.25, -0.2) is 4.98 Å². The fourth-order valence-corrected chi connectivity index (χ4v) is 1.45.